The second kappa shape index (κ2) is 5.91. The first kappa shape index (κ1) is 13.0. The van der Waals surface area contributed by atoms with Crippen LogP contribution in [-0.2, 0) is 6.42 Å². The largest absolute Gasteiger partial charge is 0.316 e. The molecular weight excluding hydrogens is 288 g/mol. The van der Waals surface area contributed by atoms with Gasteiger partial charge in [0.2, 0.25) is 0 Å². The van der Waals surface area contributed by atoms with Gasteiger partial charge in [0.1, 0.15) is 0 Å². The van der Waals surface area contributed by atoms with Crippen LogP contribution in [0.25, 0.3) is 0 Å². The topological polar surface area (TPSA) is 12.0 Å². The third-order valence-electron chi connectivity index (χ3n) is 3.22. The molecule has 0 aliphatic carbocycles. The summed E-state index contributed by atoms with van der Waals surface area (Å²) < 4.78 is 25.7. The molecule has 17 heavy (non-hydrogen) atoms. The normalized spacial score (nSPS) is 20.8. The molecule has 0 saturated carbocycles. The molecule has 1 aromatic carbocycles. The van der Waals surface area contributed by atoms with Gasteiger partial charge in [-0.15, -0.1) is 0 Å². The molecular formula is C13H16BrF2N. The predicted octanol–water partition coefficient (Wildman–Crippen LogP) is 3.93. The monoisotopic (exact) mass is 303 g/mol. The van der Waals surface area contributed by atoms with Gasteiger partial charge in [0, 0.05) is 10.0 Å². The zero-order valence-corrected chi connectivity index (χ0v) is 11.1. The summed E-state index contributed by atoms with van der Waals surface area (Å²) in [6, 6.07) is 5.18. The Labute approximate surface area is 109 Å². The molecule has 1 nitrogen and oxygen atoms in total. The molecule has 94 valence electrons. The average molecular weight is 304 g/mol. The van der Waals surface area contributed by atoms with Crippen LogP contribution in [0.1, 0.15) is 30.4 Å². The van der Waals surface area contributed by atoms with E-state index in [-0.39, 0.29) is 5.56 Å². The summed E-state index contributed by atoms with van der Waals surface area (Å²) in [5.74, 6) is 0.632. The molecule has 0 amide bonds. The van der Waals surface area contributed by atoms with E-state index in [4.69, 9.17) is 0 Å². The van der Waals surface area contributed by atoms with Gasteiger partial charge in [-0.05, 0) is 49.9 Å². The zero-order valence-electron chi connectivity index (χ0n) is 9.56. The second-order valence-electron chi connectivity index (χ2n) is 4.57. The molecule has 2 rings (SSSR count). The van der Waals surface area contributed by atoms with E-state index in [2.05, 4.69) is 21.2 Å². The summed E-state index contributed by atoms with van der Waals surface area (Å²) in [6.07, 6.45) is 0.992. The summed E-state index contributed by atoms with van der Waals surface area (Å²) in [5.41, 5.74) is 1.21. The first-order chi connectivity index (χ1) is 8.16. The number of halogens is 3. The van der Waals surface area contributed by atoms with Crippen LogP contribution in [-0.4, -0.2) is 13.1 Å². The van der Waals surface area contributed by atoms with Crippen LogP contribution in [0.4, 0.5) is 8.78 Å². The van der Waals surface area contributed by atoms with E-state index < -0.39 is 6.43 Å². The van der Waals surface area contributed by atoms with Crippen molar-refractivity contribution in [3.05, 3.63) is 33.8 Å². The van der Waals surface area contributed by atoms with Crippen LogP contribution in [0.5, 0.6) is 0 Å². The third-order valence-corrected chi connectivity index (χ3v) is 3.91. The van der Waals surface area contributed by atoms with Gasteiger partial charge in [0.15, 0.2) is 0 Å². The van der Waals surface area contributed by atoms with Crippen molar-refractivity contribution < 1.29 is 8.78 Å². The van der Waals surface area contributed by atoms with E-state index in [0.29, 0.717) is 10.4 Å². The Hall–Kier alpha value is -0.480. The molecule has 0 bridgehead atoms. The van der Waals surface area contributed by atoms with Crippen LogP contribution < -0.4 is 5.32 Å². The lowest BCUT2D eigenvalue weighted by Crippen LogP contribution is -2.30. The Kier molecular flexibility index (Phi) is 4.51. The second-order valence-corrected chi connectivity index (χ2v) is 5.43. The van der Waals surface area contributed by atoms with E-state index in [0.717, 1.165) is 25.1 Å². The van der Waals surface area contributed by atoms with Crippen LogP contribution in [0.3, 0.4) is 0 Å². The molecule has 1 unspecified atom stereocenters. The zero-order chi connectivity index (χ0) is 12.3. The van der Waals surface area contributed by atoms with Crippen molar-refractivity contribution in [3.63, 3.8) is 0 Å². The highest BCUT2D eigenvalue weighted by Gasteiger charge is 2.15. The summed E-state index contributed by atoms with van der Waals surface area (Å²) in [7, 11) is 0. The number of hydrogen-bond donors (Lipinski definition) is 1. The molecule has 4 heteroatoms. The quantitative estimate of drug-likeness (QED) is 0.892. The molecule has 1 fully saturated rings. The van der Waals surface area contributed by atoms with Gasteiger partial charge in [-0.1, -0.05) is 28.1 Å². The molecule has 1 heterocycles. The molecule has 0 aromatic heterocycles. The van der Waals surface area contributed by atoms with Gasteiger partial charge >= 0.3 is 0 Å². The van der Waals surface area contributed by atoms with Gasteiger partial charge in [-0.3, -0.25) is 0 Å². The first-order valence-electron chi connectivity index (χ1n) is 5.94. The number of benzene rings is 1. The predicted molar refractivity (Wildman–Crippen MR) is 68.4 cm³/mol. The molecule has 1 saturated heterocycles. The molecule has 1 aliphatic rings. The van der Waals surface area contributed by atoms with Crippen molar-refractivity contribution in [1.29, 1.82) is 0 Å². The number of nitrogens with one attached hydrogen (secondary N) is 1. The fourth-order valence-electron chi connectivity index (χ4n) is 2.31. The highest BCUT2D eigenvalue weighted by molar-refractivity contribution is 9.10. The lowest BCUT2D eigenvalue weighted by Gasteiger charge is -2.22. The maximum Gasteiger partial charge on any atom is 0.264 e. The highest BCUT2D eigenvalue weighted by Crippen LogP contribution is 2.29. The summed E-state index contributed by atoms with van der Waals surface area (Å²) in [4.78, 5) is 0. The SMILES string of the molecule is FC(F)c1ccc(CC2CCCNC2)cc1Br. The number of hydrogen-bond acceptors (Lipinski definition) is 1. The summed E-state index contributed by atoms with van der Waals surface area (Å²) in [6.45, 7) is 2.14. The Morgan fingerprint density at radius 2 is 2.24 bits per heavy atom. The number of piperidine rings is 1. The smallest absolute Gasteiger partial charge is 0.264 e. The summed E-state index contributed by atoms with van der Waals surface area (Å²) in [5, 5.41) is 3.37. The number of rotatable bonds is 3. The van der Waals surface area contributed by atoms with E-state index in [9.17, 15) is 8.78 Å². The first-order valence-corrected chi connectivity index (χ1v) is 6.73. The van der Waals surface area contributed by atoms with E-state index in [1.807, 2.05) is 12.1 Å². The van der Waals surface area contributed by atoms with Crippen LogP contribution in [0.15, 0.2) is 22.7 Å². The molecule has 1 aliphatic heterocycles. The maximum atomic E-state index is 12.6. The van der Waals surface area contributed by atoms with Gasteiger partial charge < -0.3 is 5.32 Å². The van der Waals surface area contributed by atoms with Gasteiger partial charge in [-0.2, -0.15) is 0 Å². The van der Waals surface area contributed by atoms with E-state index in [1.54, 1.807) is 0 Å². The van der Waals surface area contributed by atoms with Crippen molar-refractivity contribution in [2.24, 2.45) is 5.92 Å². The highest BCUT2D eigenvalue weighted by atomic mass is 79.9. The van der Waals surface area contributed by atoms with Crippen molar-refractivity contribution in [2.75, 3.05) is 13.1 Å². The molecule has 1 aromatic rings. The minimum atomic E-state index is -2.41. The van der Waals surface area contributed by atoms with Crippen molar-refractivity contribution in [3.8, 4) is 0 Å². The fourth-order valence-corrected chi connectivity index (χ4v) is 2.91. The van der Waals surface area contributed by atoms with Crippen molar-refractivity contribution >= 4 is 15.9 Å². The Morgan fingerprint density at radius 1 is 1.41 bits per heavy atom. The maximum absolute atomic E-state index is 12.6. The Morgan fingerprint density at radius 3 is 2.82 bits per heavy atom. The standard InChI is InChI=1S/C13H16BrF2N/c14-12-7-9(3-4-11(12)13(15)16)6-10-2-1-5-17-8-10/h3-4,7,10,13,17H,1-2,5-6,8H2. The molecule has 0 radical (unpaired) electrons. The molecule has 0 spiro atoms. The Balaban J connectivity index is 2.04. The lowest BCUT2D eigenvalue weighted by atomic mass is 9.92. The van der Waals surface area contributed by atoms with Gasteiger partial charge in [0.25, 0.3) is 6.43 Å². The minimum Gasteiger partial charge on any atom is -0.316 e. The molecule has 1 atom stereocenters. The number of alkyl halides is 2. The minimum absolute atomic E-state index is 0.0792. The average Bonchev–Trinajstić information content (AvgIpc) is 2.30. The van der Waals surface area contributed by atoms with Crippen LogP contribution in [0.2, 0.25) is 0 Å². The van der Waals surface area contributed by atoms with Crippen molar-refractivity contribution in [1.82, 2.24) is 5.32 Å². The third kappa shape index (κ3) is 3.49. The fraction of sp³-hybridized carbons (Fsp3) is 0.538. The van der Waals surface area contributed by atoms with Gasteiger partial charge in [0.05, 0.1) is 0 Å². The van der Waals surface area contributed by atoms with Gasteiger partial charge in [-0.25, -0.2) is 8.78 Å². The van der Waals surface area contributed by atoms with E-state index in [1.165, 1.54) is 18.9 Å². The lowest BCUT2D eigenvalue weighted by molar-refractivity contribution is 0.150. The Bertz CT molecular complexity index is 376. The van der Waals surface area contributed by atoms with Crippen LogP contribution >= 0.6 is 15.9 Å². The summed E-state index contributed by atoms with van der Waals surface area (Å²) >= 11 is 3.22. The molecule has 1 N–H and O–H groups in total. The van der Waals surface area contributed by atoms with Crippen molar-refractivity contribution in [2.45, 2.75) is 25.7 Å². The van der Waals surface area contributed by atoms with E-state index >= 15 is 0 Å². The van der Waals surface area contributed by atoms with Crippen LogP contribution in [0, 0.1) is 5.92 Å².